The second-order valence-electron chi connectivity index (χ2n) is 9.68. The summed E-state index contributed by atoms with van der Waals surface area (Å²) in [5, 5.41) is 6.58. The molecule has 5 rings (SSSR count). The maximum absolute atomic E-state index is 13.4. The molecule has 2 aromatic heterocycles. The highest BCUT2D eigenvalue weighted by atomic mass is 35.5. The van der Waals surface area contributed by atoms with E-state index in [2.05, 4.69) is 20.5 Å². The van der Waals surface area contributed by atoms with E-state index in [0.717, 1.165) is 25.8 Å². The minimum Gasteiger partial charge on any atom is -0.491 e. The molecule has 0 atom stereocenters. The average molecular weight is 629 g/mol. The number of benzene rings is 1. The number of anilines is 2. The summed E-state index contributed by atoms with van der Waals surface area (Å²) in [6.45, 7) is 1.21. The number of likely N-dealkylation sites (tertiary alicyclic amines) is 1. The number of fused-ring (bicyclic) bond motifs is 1. The number of rotatable bonds is 9. The third-order valence-corrected chi connectivity index (χ3v) is 7.39. The van der Waals surface area contributed by atoms with Crippen molar-refractivity contribution in [1.82, 2.24) is 9.88 Å². The van der Waals surface area contributed by atoms with Crippen LogP contribution in [-0.2, 0) is 14.4 Å². The number of nitrogens with one attached hydrogen (secondary N) is 2. The van der Waals surface area contributed by atoms with Gasteiger partial charge in [-0.25, -0.2) is 10.9 Å². The van der Waals surface area contributed by atoms with E-state index >= 15 is 0 Å². The first-order valence-corrected chi connectivity index (χ1v) is 13.3. The first-order valence-electron chi connectivity index (χ1n) is 13.0. The zero-order valence-electron chi connectivity index (χ0n) is 22.1. The Balaban J connectivity index is 0.00000231. The lowest BCUT2D eigenvalue weighted by Gasteiger charge is -2.34. The van der Waals surface area contributed by atoms with Crippen LogP contribution in [0, 0.1) is 5.92 Å². The van der Waals surface area contributed by atoms with Gasteiger partial charge in [0, 0.05) is 36.5 Å². The van der Waals surface area contributed by atoms with Crippen LogP contribution < -0.4 is 21.3 Å². The van der Waals surface area contributed by atoms with Gasteiger partial charge in [0.2, 0.25) is 17.6 Å². The van der Waals surface area contributed by atoms with Crippen molar-refractivity contribution in [3.05, 3.63) is 47.3 Å². The van der Waals surface area contributed by atoms with Crippen LogP contribution in [-0.4, -0.2) is 53.4 Å². The van der Waals surface area contributed by atoms with Crippen LogP contribution in [0.2, 0.25) is 5.02 Å². The first kappa shape index (κ1) is 32.4. The van der Waals surface area contributed by atoms with Crippen LogP contribution in [0.1, 0.15) is 49.1 Å². The predicted molar refractivity (Wildman–Crippen MR) is 159 cm³/mol. The Morgan fingerprint density at radius 1 is 1.10 bits per heavy atom. The summed E-state index contributed by atoms with van der Waals surface area (Å²) in [5.41, 5.74) is 0.650. The van der Waals surface area contributed by atoms with Crippen LogP contribution >= 0.6 is 36.4 Å². The molecule has 2 fully saturated rings. The van der Waals surface area contributed by atoms with Gasteiger partial charge in [0.1, 0.15) is 36.1 Å². The second-order valence-corrected chi connectivity index (χ2v) is 10.1. The van der Waals surface area contributed by atoms with E-state index in [1.165, 1.54) is 6.20 Å². The topological polar surface area (TPSA) is 149 Å². The molecule has 41 heavy (non-hydrogen) atoms. The lowest BCUT2D eigenvalue weighted by Crippen LogP contribution is -2.40. The van der Waals surface area contributed by atoms with Crippen molar-refractivity contribution in [3.63, 3.8) is 0 Å². The van der Waals surface area contributed by atoms with Gasteiger partial charge < -0.3 is 29.5 Å². The quantitative estimate of drug-likeness (QED) is 0.222. The largest absolute Gasteiger partial charge is 0.491 e. The molecule has 1 aliphatic heterocycles. The van der Waals surface area contributed by atoms with Gasteiger partial charge in [0.15, 0.2) is 0 Å². The summed E-state index contributed by atoms with van der Waals surface area (Å²) in [7, 11) is 0. The Bertz CT molecular complexity index is 1360. The minimum atomic E-state index is -0.577. The standard InChI is InChI=1S/C27H30ClN5O6.2ClH/c28-17-5-10-22(30-15-17)31-27(36)25-24(20-14-19(37-12-13-38-29)8-9-21(20)39-25)32-26(35)16-3-6-18(7-4-16)33-11-1-2-23(33)34;;/h5,8-10,14-16,18H,1-4,6-7,11-13,29H2,(H,32,35)(H,30,31,36);2*1H. The molecule has 1 aromatic carbocycles. The minimum absolute atomic E-state index is 0. The summed E-state index contributed by atoms with van der Waals surface area (Å²) in [6, 6.07) is 8.40. The molecule has 1 saturated carbocycles. The van der Waals surface area contributed by atoms with Gasteiger partial charge in [-0.05, 0) is 62.4 Å². The Labute approximate surface area is 254 Å². The zero-order chi connectivity index (χ0) is 27.4. The van der Waals surface area contributed by atoms with Crippen molar-refractivity contribution in [2.45, 2.75) is 44.6 Å². The van der Waals surface area contributed by atoms with Gasteiger partial charge in [-0.2, -0.15) is 0 Å². The monoisotopic (exact) mass is 627 g/mol. The molecule has 0 radical (unpaired) electrons. The molecule has 222 valence electrons. The normalized spacial score (nSPS) is 18.4. The van der Waals surface area contributed by atoms with Crippen molar-refractivity contribution >= 4 is 76.6 Å². The number of hydrogen-bond acceptors (Lipinski definition) is 8. The maximum atomic E-state index is 13.4. The number of hydrogen-bond donors (Lipinski definition) is 3. The molecule has 11 nitrogen and oxygen atoms in total. The molecular weight excluding hydrogens is 597 g/mol. The first-order chi connectivity index (χ1) is 18.9. The summed E-state index contributed by atoms with van der Waals surface area (Å²) >= 11 is 5.90. The van der Waals surface area contributed by atoms with E-state index in [1.54, 1.807) is 30.3 Å². The number of carbonyl (C=O) groups is 3. The molecule has 3 aromatic rings. The molecule has 1 aliphatic carbocycles. The number of carbonyl (C=O) groups excluding carboxylic acids is 3. The van der Waals surface area contributed by atoms with E-state index < -0.39 is 5.91 Å². The van der Waals surface area contributed by atoms with E-state index in [1.807, 2.05) is 4.90 Å². The highest BCUT2D eigenvalue weighted by molar-refractivity contribution is 6.30. The van der Waals surface area contributed by atoms with E-state index in [4.69, 9.17) is 26.7 Å². The van der Waals surface area contributed by atoms with E-state index in [9.17, 15) is 14.4 Å². The Hall–Kier alpha value is -3.09. The molecular formula is C27H32Cl3N5O6. The van der Waals surface area contributed by atoms with Gasteiger partial charge in [0.05, 0.1) is 5.02 Å². The van der Waals surface area contributed by atoms with Gasteiger partial charge >= 0.3 is 0 Å². The van der Waals surface area contributed by atoms with Crippen LogP contribution in [0.25, 0.3) is 11.0 Å². The highest BCUT2D eigenvalue weighted by Gasteiger charge is 2.34. The third-order valence-electron chi connectivity index (χ3n) is 7.17. The molecule has 3 heterocycles. The van der Waals surface area contributed by atoms with Gasteiger partial charge in [-0.1, -0.05) is 11.6 Å². The Morgan fingerprint density at radius 2 is 1.88 bits per heavy atom. The van der Waals surface area contributed by atoms with Crippen LogP contribution in [0.3, 0.4) is 0 Å². The molecule has 0 bridgehead atoms. The Morgan fingerprint density at radius 3 is 2.54 bits per heavy atom. The summed E-state index contributed by atoms with van der Waals surface area (Å²) < 4.78 is 11.6. The SMILES string of the molecule is Cl.Cl.NOCCOc1ccc2oc(C(=O)Nc3ccc(Cl)cn3)c(NC(=O)C3CCC(N4CCCC4=O)CC3)c2c1. The number of furan rings is 1. The molecule has 1 saturated heterocycles. The molecule has 0 unspecified atom stereocenters. The van der Waals surface area contributed by atoms with Crippen LogP contribution in [0.5, 0.6) is 5.75 Å². The van der Waals surface area contributed by atoms with Crippen LogP contribution in [0.4, 0.5) is 11.5 Å². The van der Waals surface area contributed by atoms with Crippen molar-refractivity contribution in [1.29, 1.82) is 0 Å². The fourth-order valence-corrected chi connectivity index (χ4v) is 5.32. The number of nitrogens with zero attached hydrogens (tertiary/aromatic N) is 2. The summed E-state index contributed by atoms with van der Waals surface area (Å²) in [5.74, 6) is 4.96. The van der Waals surface area contributed by atoms with Crippen LogP contribution in [0.15, 0.2) is 40.9 Å². The van der Waals surface area contributed by atoms with Crippen molar-refractivity contribution in [2.75, 3.05) is 30.4 Å². The van der Waals surface area contributed by atoms with Gasteiger partial charge in [0.25, 0.3) is 5.91 Å². The fraction of sp³-hybridized carbons (Fsp3) is 0.407. The second kappa shape index (κ2) is 14.7. The van der Waals surface area contributed by atoms with Crippen molar-refractivity contribution in [2.24, 2.45) is 11.8 Å². The molecule has 14 heteroatoms. The lowest BCUT2D eigenvalue weighted by atomic mass is 9.84. The smallest absolute Gasteiger partial charge is 0.294 e. The number of amides is 3. The Kier molecular flexibility index (Phi) is 11.6. The third kappa shape index (κ3) is 7.60. The maximum Gasteiger partial charge on any atom is 0.294 e. The predicted octanol–water partition coefficient (Wildman–Crippen LogP) is 4.97. The lowest BCUT2D eigenvalue weighted by molar-refractivity contribution is -0.130. The summed E-state index contributed by atoms with van der Waals surface area (Å²) in [6.07, 6.45) is 5.77. The average Bonchev–Trinajstić information content (AvgIpc) is 3.53. The van der Waals surface area contributed by atoms with E-state index in [-0.39, 0.29) is 79.1 Å². The van der Waals surface area contributed by atoms with Crippen molar-refractivity contribution < 1.29 is 28.4 Å². The van der Waals surface area contributed by atoms with Gasteiger partial charge in [-0.3, -0.25) is 14.4 Å². The van der Waals surface area contributed by atoms with Crippen molar-refractivity contribution in [3.8, 4) is 5.75 Å². The summed E-state index contributed by atoms with van der Waals surface area (Å²) in [4.78, 5) is 49.4. The zero-order valence-corrected chi connectivity index (χ0v) is 24.5. The van der Waals surface area contributed by atoms with Gasteiger partial charge in [-0.15, -0.1) is 24.8 Å². The van der Waals surface area contributed by atoms with E-state index in [0.29, 0.717) is 41.0 Å². The number of aromatic nitrogens is 1. The molecule has 3 amide bonds. The number of nitrogens with two attached hydrogens (primary N) is 1. The molecule has 4 N–H and O–H groups in total. The molecule has 0 spiro atoms. The fourth-order valence-electron chi connectivity index (χ4n) is 5.21. The highest BCUT2D eigenvalue weighted by Crippen LogP contribution is 2.36. The number of ether oxygens (including phenoxy) is 1. The molecule has 2 aliphatic rings. The number of halogens is 3. The number of pyridine rings is 1.